The molecule has 2 N–H and O–H groups in total. The number of rotatable bonds is 12. The predicted octanol–water partition coefficient (Wildman–Crippen LogP) is 4.29. The number of hydrogen-bond acceptors (Lipinski definition) is 6. The zero-order chi connectivity index (χ0) is 28.0. The highest BCUT2D eigenvalue weighted by atomic mass is 16.2. The van der Waals surface area contributed by atoms with Gasteiger partial charge >= 0.3 is 0 Å². The number of carbonyl (C=O) groups excluding carboxylic acids is 1. The summed E-state index contributed by atoms with van der Waals surface area (Å²) in [7, 11) is 2.03. The Kier molecular flexibility index (Phi) is 8.89. The molecular weight excluding hydrogens is 510 g/mol. The highest BCUT2D eigenvalue weighted by molar-refractivity contribution is 6.08. The maximum Gasteiger partial charge on any atom is 0.236 e. The summed E-state index contributed by atoms with van der Waals surface area (Å²) < 4.78 is 2.46. The Hall–Kier alpha value is -3.33. The van der Waals surface area contributed by atoms with E-state index in [0.29, 0.717) is 12.6 Å². The summed E-state index contributed by atoms with van der Waals surface area (Å²) in [5.74, 6) is 0.205. The van der Waals surface area contributed by atoms with Crippen molar-refractivity contribution in [2.45, 2.75) is 57.7 Å². The molecule has 2 aliphatic rings. The molecule has 8 heteroatoms. The Labute approximate surface area is 243 Å². The zero-order valence-corrected chi connectivity index (χ0v) is 24.3. The van der Waals surface area contributed by atoms with E-state index >= 15 is 0 Å². The SMILES string of the molecule is CNCCCCN(Cc1nccc2c3ccccc3n(CCCN3CCNCC3=O)c12)[C@H]1CCCc2cccnc21. The first-order valence-corrected chi connectivity index (χ1v) is 15.4. The van der Waals surface area contributed by atoms with Crippen molar-refractivity contribution in [3.63, 3.8) is 0 Å². The molecule has 1 amide bonds. The highest BCUT2D eigenvalue weighted by Crippen LogP contribution is 2.36. The van der Waals surface area contributed by atoms with Crippen LogP contribution in [0.5, 0.6) is 0 Å². The van der Waals surface area contributed by atoms with Crippen LogP contribution in [0, 0.1) is 0 Å². The molecule has 0 spiro atoms. The third kappa shape index (κ3) is 6.01. The van der Waals surface area contributed by atoms with Gasteiger partial charge in [-0.25, -0.2) is 0 Å². The van der Waals surface area contributed by atoms with Crippen LogP contribution in [0.25, 0.3) is 21.8 Å². The molecule has 0 bridgehead atoms. The van der Waals surface area contributed by atoms with Crippen LogP contribution in [0.1, 0.15) is 55.1 Å². The van der Waals surface area contributed by atoms with E-state index in [9.17, 15) is 4.79 Å². The lowest BCUT2D eigenvalue weighted by Crippen LogP contribution is -2.48. The number of nitrogens with one attached hydrogen (secondary N) is 2. The van der Waals surface area contributed by atoms with E-state index < -0.39 is 0 Å². The first-order chi connectivity index (χ1) is 20.2. The van der Waals surface area contributed by atoms with Gasteiger partial charge in [-0.3, -0.25) is 19.7 Å². The van der Waals surface area contributed by atoms with Crippen LogP contribution < -0.4 is 10.6 Å². The standard InChI is InChI=1S/C33H43N7O/c1-34-15-4-5-19-39(30-13-6-9-25-10-7-16-37-32(25)30)24-28-33-27(14-17-36-28)26-11-2-3-12-29(26)40(33)21-8-20-38-22-18-35-23-31(38)41/h2-3,7,10-12,14,16-17,30,34-35H,4-6,8-9,13,15,18-24H2,1H3/t30-/m0/s1. The lowest BCUT2D eigenvalue weighted by molar-refractivity contribution is -0.131. The van der Waals surface area contributed by atoms with E-state index in [0.717, 1.165) is 83.6 Å². The molecule has 6 rings (SSSR count). The Balaban J connectivity index is 1.33. The molecule has 3 aromatic heterocycles. The van der Waals surface area contributed by atoms with Crippen LogP contribution >= 0.6 is 0 Å². The fraction of sp³-hybridized carbons (Fsp3) is 0.485. The number of para-hydroxylation sites is 1. The number of aromatic nitrogens is 3. The topological polar surface area (TPSA) is 78.3 Å². The van der Waals surface area contributed by atoms with E-state index in [4.69, 9.17) is 9.97 Å². The molecule has 8 nitrogen and oxygen atoms in total. The van der Waals surface area contributed by atoms with Crippen LogP contribution in [0.4, 0.5) is 0 Å². The number of unbranched alkanes of at least 4 members (excludes halogenated alkanes) is 1. The Morgan fingerprint density at radius 3 is 2.85 bits per heavy atom. The summed E-state index contributed by atoms with van der Waals surface area (Å²) in [4.78, 5) is 27.0. The second kappa shape index (κ2) is 13.1. The summed E-state index contributed by atoms with van der Waals surface area (Å²) in [6.07, 6.45) is 10.6. The Bertz CT molecular complexity index is 1480. The normalized spacial score (nSPS) is 17.6. The van der Waals surface area contributed by atoms with Gasteiger partial charge in [0, 0.05) is 61.4 Å². The minimum atomic E-state index is 0.205. The van der Waals surface area contributed by atoms with Gasteiger partial charge in [-0.05, 0) is 82.4 Å². The average molecular weight is 554 g/mol. The monoisotopic (exact) mass is 553 g/mol. The number of benzene rings is 1. The average Bonchev–Trinajstić information content (AvgIpc) is 3.34. The summed E-state index contributed by atoms with van der Waals surface area (Å²) >= 11 is 0. The number of amides is 1. The van der Waals surface area contributed by atoms with Crippen molar-refractivity contribution in [2.24, 2.45) is 0 Å². The molecular formula is C33H43N7O. The zero-order valence-electron chi connectivity index (χ0n) is 24.3. The maximum absolute atomic E-state index is 12.4. The number of nitrogens with zero attached hydrogens (tertiary/aromatic N) is 5. The van der Waals surface area contributed by atoms with Gasteiger partial charge in [0.15, 0.2) is 0 Å². The molecule has 1 aliphatic heterocycles. The minimum Gasteiger partial charge on any atom is -0.340 e. The van der Waals surface area contributed by atoms with E-state index in [2.05, 4.69) is 62.6 Å². The van der Waals surface area contributed by atoms with Crippen LogP contribution in [-0.2, 0) is 24.3 Å². The van der Waals surface area contributed by atoms with Gasteiger partial charge < -0.3 is 20.1 Å². The molecule has 0 radical (unpaired) electrons. The number of hydrogen-bond donors (Lipinski definition) is 2. The van der Waals surface area contributed by atoms with Crippen molar-refractivity contribution < 1.29 is 4.79 Å². The smallest absolute Gasteiger partial charge is 0.236 e. The van der Waals surface area contributed by atoms with Crippen molar-refractivity contribution in [3.8, 4) is 0 Å². The lowest BCUT2D eigenvalue weighted by atomic mass is 9.90. The van der Waals surface area contributed by atoms with E-state index in [-0.39, 0.29) is 5.91 Å². The van der Waals surface area contributed by atoms with Crippen LogP contribution in [0.15, 0.2) is 54.9 Å². The maximum atomic E-state index is 12.4. The van der Waals surface area contributed by atoms with Crippen LogP contribution in [0.2, 0.25) is 0 Å². The van der Waals surface area contributed by atoms with Crippen molar-refractivity contribution >= 4 is 27.7 Å². The summed E-state index contributed by atoms with van der Waals surface area (Å²) in [5, 5.41) is 9.02. The lowest BCUT2D eigenvalue weighted by Gasteiger charge is -2.35. The van der Waals surface area contributed by atoms with Gasteiger partial charge in [-0.1, -0.05) is 24.3 Å². The quantitative estimate of drug-likeness (QED) is 0.255. The van der Waals surface area contributed by atoms with Crippen molar-refractivity contribution in [1.29, 1.82) is 0 Å². The van der Waals surface area contributed by atoms with Crippen LogP contribution in [0.3, 0.4) is 0 Å². The molecule has 1 fully saturated rings. The number of carbonyl (C=O) groups is 1. The Morgan fingerprint density at radius 2 is 1.95 bits per heavy atom. The van der Waals surface area contributed by atoms with E-state index in [1.165, 1.54) is 39.5 Å². The largest absolute Gasteiger partial charge is 0.340 e. The van der Waals surface area contributed by atoms with E-state index in [1.807, 2.05) is 24.3 Å². The van der Waals surface area contributed by atoms with Gasteiger partial charge in [0.1, 0.15) is 0 Å². The first kappa shape index (κ1) is 27.8. The first-order valence-electron chi connectivity index (χ1n) is 15.4. The molecule has 41 heavy (non-hydrogen) atoms. The van der Waals surface area contributed by atoms with Gasteiger partial charge in [0.25, 0.3) is 0 Å². The van der Waals surface area contributed by atoms with Crippen molar-refractivity contribution in [3.05, 3.63) is 71.8 Å². The number of pyridine rings is 2. The fourth-order valence-corrected chi connectivity index (χ4v) is 6.82. The Morgan fingerprint density at radius 1 is 1.02 bits per heavy atom. The second-order valence-corrected chi connectivity index (χ2v) is 11.5. The molecule has 4 aromatic rings. The molecule has 0 saturated carbocycles. The minimum absolute atomic E-state index is 0.205. The van der Waals surface area contributed by atoms with Gasteiger partial charge in [0.2, 0.25) is 5.91 Å². The molecule has 1 saturated heterocycles. The number of fused-ring (bicyclic) bond motifs is 4. The second-order valence-electron chi connectivity index (χ2n) is 11.5. The van der Waals surface area contributed by atoms with Gasteiger partial charge in [0.05, 0.1) is 29.5 Å². The van der Waals surface area contributed by atoms with Crippen molar-refractivity contribution in [2.75, 3.05) is 46.3 Å². The molecule has 0 unspecified atom stereocenters. The fourth-order valence-electron chi connectivity index (χ4n) is 6.82. The van der Waals surface area contributed by atoms with Gasteiger partial charge in [-0.2, -0.15) is 0 Å². The molecule has 1 aromatic carbocycles. The highest BCUT2D eigenvalue weighted by Gasteiger charge is 2.28. The van der Waals surface area contributed by atoms with E-state index in [1.54, 1.807) is 0 Å². The predicted molar refractivity (Wildman–Crippen MR) is 165 cm³/mol. The molecule has 4 heterocycles. The molecule has 1 aliphatic carbocycles. The molecule has 1 atom stereocenters. The third-order valence-electron chi connectivity index (χ3n) is 8.83. The van der Waals surface area contributed by atoms with Gasteiger partial charge in [-0.15, -0.1) is 0 Å². The third-order valence-corrected chi connectivity index (χ3v) is 8.83. The summed E-state index contributed by atoms with van der Waals surface area (Å²) in [6, 6.07) is 15.5. The summed E-state index contributed by atoms with van der Waals surface area (Å²) in [6.45, 7) is 6.60. The number of aryl methyl sites for hydroxylation is 2. The van der Waals surface area contributed by atoms with Crippen molar-refractivity contribution in [1.82, 2.24) is 35.0 Å². The number of piperazine rings is 1. The summed E-state index contributed by atoms with van der Waals surface area (Å²) in [5.41, 5.74) is 6.26. The van der Waals surface area contributed by atoms with Crippen LogP contribution in [-0.4, -0.2) is 76.6 Å². The molecule has 216 valence electrons.